The van der Waals surface area contributed by atoms with Gasteiger partial charge in [0, 0.05) is 30.4 Å². The molecule has 1 aromatic heterocycles. The van der Waals surface area contributed by atoms with Gasteiger partial charge in [-0.1, -0.05) is 22.8 Å². The van der Waals surface area contributed by atoms with Crippen LogP contribution in [0, 0.1) is 0 Å². The molecule has 1 aliphatic rings. The molecule has 5 nitrogen and oxygen atoms in total. The summed E-state index contributed by atoms with van der Waals surface area (Å²) in [5.74, 6) is -1.33. The number of aromatic carboxylic acids is 1. The predicted octanol–water partition coefficient (Wildman–Crippen LogP) is 3.29. The summed E-state index contributed by atoms with van der Waals surface area (Å²) in [6.07, 6.45) is 2.29. The fourth-order valence-corrected chi connectivity index (χ4v) is 2.75. The number of carbonyl (C=O) groups is 1. The van der Waals surface area contributed by atoms with Gasteiger partial charge in [-0.2, -0.15) is 0 Å². The van der Waals surface area contributed by atoms with E-state index in [1.807, 2.05) is 12.1 Å². The van der Waals surface area contributed by atoms with Gasteiger partial charge in [0.2, 0.25) is 5.76 Å². The second-order valence-electron chi connectivity index (χ2n) is 4.71. The Bertz CT molecular complexity index is 648. The average Bonchev–Trinajstić information content (AvgIpc) is 3.10. The lowest BCUT2D eigenvalue weighted by molar-refractivity contribution is 0.0652. The Morgan fingerprint density at radius 1 is 1.35 bits per heavy atom. The maximum Gasteiger partial charge on any atom is 0.374 e. The van der Waals surface area contributed by atoms with Gasteiger partial charge in [0.05, 0.1) is 5.02 Å². The highest BCUT2D eigenvalue weighted by atomic mass is 35.5. The maximum atomic E-state index is 10.9. The van der Waals surface area contributed by atoms with Gasteiger partial charge in [-0.3, -0.25) is 0 Å². The number of hydrogen-bond donors (Lipinski definition) is 1. The molecule has 0 saturated carbocycles. The van der Waals surface area contributed by atoms with Crippen LogP contribution < -0.4 is 4.90 Å². The average molecular weight is 293 g/mol. The lowest BCUT2D eigenvalue weighted by Crippen LogP contribution is -2.18. The molecular weight excluding hydrogens is 280 g/mol. The minimum atomic E-state index is -1.14. The molecule has 0 unspecified atom stereocenters. The number of aromatic nitrogens is 1. The van der Waals surface area contributed by atoms with Crippen LogP contribution in [0.5, 0.6) is 0 Å². The van der Waals surface area contributed by atoms with E-state index in [2.05, 4.69) is 10.1 Å². The van der Waals surface area contributed by atoms with Crippen LogP contribution in [0.1, 0.15) is 23.4 Å². The zero-order valence-electron chi connectivity index (χ0n) is 10.7. The molecule has 0 aliphatic carbocycles. The van der Waals surface area contributed by atoms with Gasteiger partial charge in [-0.25, -0.2) is 4.79 Å². The smallest absolute Gasteiger partial charge is 0.374 e. The van der Waals surface area contributed by atoms with E-state index in [-0.39, 0.29) is 5.76 Å². The normalized spacial score (nSPS) is 14.8. The SMILES string of the molecule is O=C(O)c1cc(-c2c(Cl)cccc2N2CCCC2)no1. The van der Waals surface area contributed by atoms with Crippen molar-refractivity contribution in [3.8, 4) is 11.3 Å². The van der Waals surface area contributed by atoms with Crippen molar-refractivity contribution in [2.24, 2.45) is 0 Å². The van der Waals surface area contributed by atoms with Crippen molar-refractivity contribution < 1.29 is 14.4 Å². The van der Waals surface area contributed by atoms with Crippen molar-refractivity contribution in [1.29, 1.82) is 0 Å². The van der Waals surface area contributed by atoms with Crippen LogP contribution in [-0.2, 0) is 0 Å². The molecule has 0 spiro atoms. The van der Waals surface area contributed by atoms with Crippen LogP contribution in [0.4, 0.5) is 5.69 Å². The van der Waals surface area contributed by atoms with E-state index < -0.39 is 5.97 Å². The molecule has 1 aliphatic heterocycles. The highest BCUT2D eigenvalue weighted by molar-refractivity contribution is 6.34. The molecular formula is C14H13ClN2O3. The van der Waals surface area contributed by atoms with Gasteiger partial charge < -0.3 is 14.5 Å². The summed E-state index contributed by atoms with van der Waals surface area (Å²) >= 11 is 6.28. The monoisotopic (exact) mass is 292 g/mol. The lowest BCUT2D eigenvalue weighted by Gasteiger charge is -2.21. The highest BCUT2D eigenvalue weighted by Gasteiger charge is 2.22. The van der Waals surface area contributed by atoms with Crippen LogP contribution in [-0.4, -0.2) is 29.3 Å². The third-order valence-electron chi connectivity index (χ3n) is 3.42. The number of rotatable bonds is 3. The Kier molecular flexibility index (Phi) is 3.36. The first-order valence-corrected chi connectivity index (χ1v) is 6.78. The predicted molar refractivity (Wildman–Crippen MR) is 75.4 cm³/mol. The lowest BCUT2D eigenvalue weighted by atomic mass is 10.1. The second kappa shape index (κ2) is 5.17. The van der Waals surface area contributed by atoms with E-state index in [1.165, 1.54) is 6.07 Å². The summed E-state index contributed by atoms with van der Waals surface area (Å²) in [4.78, 5) is 13.1. The maximum absolute atomic E-state index is 10.9. The standard InChI is InChI=1S/C14H13ClN2O3/c15-9-4-3-5-11(17-6-1-2-7-17)13(9)10-8-12(14(18)19)20-16-10/h3-5,8H,1-2,6-7H2,(H,18,19). The number of hydrogen-bond acceptors (Lipinski definition) is 4. The molecule has 3 rings (SSSR count). The summed E-state index contributed by atoms with van der Waals surface area (Å²) in [6.45, 7) is 1.94. The molecule has 1 fully saturated rings. The Morgan fingerprint density at radius 3 is 2.75 bits per heavy atom. The number of carboxylic acid groups (broad SMARTS) is 1. The number of nitrogens with zero attached hydrogens (tertiary/aromatic N) is 2. The zero-order chi connectivity index (χ0) is 14.1. The Morgan fingerprint density at radius 2 is 2.10 bits per heavy atom. The molecule has 1 saturated heterocycles. The van der Waals surface area contributed by atoms with Crippen molar-refractivity contribution in [3.63, 3.8) is 0 Å². The van der Waals surface area contributed by atoms with E-state index in [9.17, 15) is 4.79 Å². The van der Waals surface area contributed by atoms with Crippen molar-refractivity contribution >= 4 is 23.3 Å². The van der Waals surface area contributed by atoms with Gasteiger partial charge in [-0.05, 0) is 25.0 Å². The summed E-state index contributed by atoms with van der Waals surface area (Å²) in [5.41, 5.74) is 2.16. The van der Waals surface area contributed by atoms with Crippen LogP contribution >= 0.6 is 11.6 Å². The van der Waals surface area contributed by atoms with Crippen LogP contribution in [0.15, 0.2) is 28.8 Å². The zero-order valence-corrected chi connectivity index (χ0v) is 11.4. The molecule has 1 N–H and O–H groups in total. The van der Waals surface area contributed by atoms with Gasteiger partial charge in [0.1, 0.15) is 5.69 Å². The Balaban J connectivity index is 2.08. The molecule has 2 heterocycles. The van der Waals surface area contributed by atoms with E-state index in [0.717, 1.165) is 37.2 Å². The van der Waals surface area contributed by atoms with E-state index in [4.69, 9.17) is 21.2 Å². The minimum absolute atomic E-state index is 0.188. The quantitative estimate of drug-likeness (QED) is 0.940. The fourth-order valence-electron chi connectivity index (χ4n) is 2.48. The van der Waals surface area contributed by atoms with E-state index in [1.54, 1.807) is 6.07 Å². The third-order valence-corrected chi connectivity index (χ3v) is 3.73. The van der Waals surface area contributed by atoms with Crippen LogP contribution in [0.2, 0.25) is 5.02 Å². The molecule has 0 radical (unpaired) electrons. The van der Waals surface area contributed by atoms with Crippen molar-refractivity contribution in [3.05, 3.63) is 35.0 Å². The largest absolute Gasteiger partial charge is 0.475 e. The molecule has 1 aromatic carbocycles. The van der Waals surface area contributed by atoms with E-state index in [0.29, 0.717) is 10.7 Å². The number of benzene rings is 1. The van der Waals surface area contributed by atoms with Gasteiger partial charge >= 0.3 is 5.97 Å². The number of halogens is 1. The highest BCUT2D eigenvalue weighted by Crippen LogP contribution is 2.37. The van der Waals surface area contributed by atoms with Crippen molar-refractivity contribution in [1.82, 2.24) is 5.16 Å². The Labute approximate surface area is 120 Å². The van der Waals surface area contributed by atoms with Crippen LogP contribution in [0.25, 0.3) is 11.3 Å². The molecule has 2 aromatic rings. The summed E-state index contributed by atoms with van der Waals surface area (Å²) in [6, 6.07) is 7.04. The van der Waals surface area contributed by atoms with Crippen LogP contribution in [0.3, 0.4) is 0 Å². The first kappa shape index (κ1) is 13.0. The Hall–Kier alpha value is -2.01. The molecule has 0 bridgehead atoms. The minimum Gasteiger partial charge on any atom is -0.475 e. The van der Waals surface area contributed by atoms with Gasteiger partial charge in [-0.15, -0.1) is 0 Å². The second-order valence-corrected chi connectivity index (χ2v) is 5.12. The summed E-state index contributed by atoms with van der Waals surface area (Å²) < 4.78 is 4.83. The summed E-state index contributed by atoms with van der Waals surface area (Å²) in [5, 5.41) is 13.3. The summed E-state index contributed by atoms with van der Waals surface area (Å²) in [7, 11) is 0. The van der Waals surface area contributed by atoms with Crippen molar-refractivity contribution in [2.45, 2.75) is 12.8 Å². The molecule has 0 atom stereocenters. The van der Waals surface area contributed by atoms with E-state index >= 15 is 0 Å². The first-order valence-electron chi connectivity index (χ1n) is 6.40. The molecule has 0 amide bonds. The first-order chi connectivity index (χ1) is 9.66. The third kappa shape index (κ3) is 2.25. The molecule has 20 heavy (non-hydrogen) atoms. The van der Waals surface area contributed by atoms with Gasteiger partial charge in [0.15, 0.2) is 0 Å². The molecule has 6 heteroatoms. The van der Waals surface area contributed by atoms with Crippen molar-refractivity contribution in [2.75, 3.05) is 18.0 Å². The number of anilines is 1. The fraction of sp³-hybridized carbons (Fsp3) is 0.286. The topological polar surface area (TPSA) is 66.6 Å². The molecule has 104 valence electrons. The van der Waals surface area contributed by atoms with Gasteiger partial charge in [0.25, 0.3) is 0 Å². The number of carboxylic acids is 1.